The summed E-state index contributed by atoms with van der Waals surface area (Å²) in [6.07, 6.45) is 0. The van der Waals surface area contributed by atoms with Gasteiger partial charge >= 0.3 is 0 Å². The van der Waals surface area contributed by atoms with Gasteiger partial charge in [0.25, 0.3) is 0 Å². The molecule has 1 fully saturated rings. The van der Waals surface area contributed by atoms with Crippen LogP contribution in [0.3, 0.4) is 0 Å². The van der Waals surface area contributed by atoms with Crippen LogP contribution in [0.1, 0.15) is 0 Å². The topological polar surface area (TPSA) is 58.8 Å². The van der Waals surface area contributed by atoms with Crippen LogP contribution in [0.2, 0.25) is 0 Å². The summed E-state index contributed by atoms with van der Waals surface area (Å²) in [5.41, 5.74) is 6.35. The van der Waals surface area contributed by atoms with Crippen molar-refractivity contribution in [1.82, 2.24) is 4.90 Å². The van der Waals surface area contributed by atoms with Crippen LogP contribution in [-0.2, 0) is 4.79 Å². The Hall–Kier alpha value is -1.59. The van der Waals surface area contributed by atoms with Crippen LogP contribution in [-0.4, -0.2) is 50.6 Å². The van der Waals surface area contributed by atoms with Gasteiger partial charge in [0.05, 0.1) is 19.3 Å². The standard InChI is InChI=1S/C13H19N3O2/c1-18-12-5-3-2-4-11(12)16-9-8-15(7-6-14)10-13(16)17/h2-5H,6-10,14H2,1H3. The number of nitrogens with two attached hydrogens (primary N) is 1. The molecule has 0 saturated carbocycles. The summed E-state index contributed by atoms with van der Waals surface area (Å²) in [4.78, 5) is 16.0. The third-order valence-electron chi connectivity index (χ3n) is 3.12. The van der Waals surface area contributed by atoms with E-state index >= 15 is 0 Å². The summed E-state index contributed by atoms with van der Waals surface area (Å²) in [7, 11) is 1.62. The van der Waals surface area contributed by atoms with E-state index in [2.05, 4.69) is 4.90 Å². The minimum Gasteiger partial charge on any atom is -0.495 e. The number of anilines is 1. The number of carbonyl (C=O) groups excluding carboxylic acids is 1. The average Bonchev–Trinajstić information content (AvgIpc) is 2.39. The maximum atomic E-state index is 12.1. The second-order valence-electron chi connectivity index (χ2n) is 4.28. The molecule has 0 spiro atoms. The third-order valence-corrected chi connectivity index (χ3v) is 3.12. The fraction of sp³-hybridized carbons (Fsp3) is 0.462. The fourth-order valence-corrected chi connectivity index (χ4v) is 2.20. The van der Waals surface area contributed by atoms with Gasteiger partial charge in [-0.3, -0.25) is 9.69 Å². The van der Waals surface area contributed by atoms with Crippen LogP contribution < -0.4 is 15.4 Å². The number of benzene rings is 1. The Morgan fingerprint density at radius 1 is 1.33 bits per heavy atom. The van der Waals surface area contributed by atoms with Crippen LogP contribution in [0.25, 0.3) is 0 Å². The van der Waals surface area contributed by atoms with Gasteiger partial charge in [0.15, 0.2) is 0 Å². The molecule has 0 radical (unpaired) electrons. The minimum atomic E-state index is 0.0965. The SMILES string of the molecule is COc1ccccc1N1CCN(CCN)CC1=O. The lowest BCUT2D eigenvalue weighted by atomic mass is 10.2. The van der Waals surface area contributed by atoms with Crippen molar-refractivity contribution >= 4 is 11.6 Å². The highest BCUT2D eigenvalue weighted by Crippen LogP contribution is 2.28. The number of ether oxygens (including phenoxy) is 1. The summed E-state index contributed by atoms with van der Waals surface area (Å²) in [6, 6.07) is 7.60. The molecule has 1 heterocycles. The first-order valence-electron chi connectivity index (χ1n) is 6.12. The number of hydrogen-bond donors (Lipinski definition) is 1. The smallest absolute Gasteiger partial charge is 0.241 e. The molecule has 5 nitrogen and oxygen atoms in total. The van der Waals surface area contributed by atoms with Crippen LogP contribution in [0, 0.1) is 0 Å². The van der Waals surface area contributed by atoms with E-state index in [0.29, 0.717) is 19.6 Å². The Morgan fingerprint density at radius 2 is 2.11 bits per heavy atom. The molecular formula is C13H19N3O2. The van der Waals surface area contributed by atoms with Crippen molar-refractivity contribution in [1.29, 1.82) is 0 Å². The fourth-order valence-electron chi connectivity index (χ4n) is 2.20. The first-order valence-corrected chi connectivity index (χ1v) is 6.12. The molecule has 1 amide bonds. The van der Waals surface area contributed by atoms with E-state index in [1.165, 1.54) is 0 Å². The molecule has 1 aromatic carbocycles. The zero-order chi connectivity index (χ0) is 13.0. The quantitative estimate of drug-likeness (QED) is 0.834. The molecule has 1 saturated heterocycles. The summed E-state index contributed by atoms with van der Waals surface area (Å²) in [5, 5.41) is 0. The lowest BCUT2D eigenvalue weighted by Crippen LogP contribution is -2.51. The highest BCUT2D eigenvalue weighted by molar-refractivity contribution is 5.96. The Bertz CT molecular complexity index is 422. The Kier molecular flexibility index (Phi) is 4.17. The van der Waals surface area contributed by atoms with E-state index in [9.17, 15) is 4.79 Å². The number of methoxy groups -OCH3 is 1. The zero-order valence-corrected chi connectivity index (χ0v) is 10.6. The number of carbonyl (C=O) groups is 1. The minimum absolute atomic E-state index is 0.0965. The number of nitrogens with zero attached hydrogens (tertiary/aromatic N) is 2. The molecule has 0 aliphatic carbocycles. The van der Waals surface area contributed by atoms with E-state index in [1.54, 1.807) is 12.0 Å². The van der Waals surface area contributed by atoms with Crippen LogP contribution in [0.4, 0.5) is 5.69 Å². The molecule has 2 rings (SSSR count). The molecule has 0 unspecified atom stereocenters. The lowest BCUT2D eigenvalue weighted by Gasteiger charge is -2.34. The molecule has 5 heteroatoms. The number of hydrogen-bond acceptors (Lipinski definition) is 4. The summed E-state index contributed by atoms with van der Waals surface area (Å²) in [6.45, 7) is 3.31. The van der Waals surface area contributed by atoms with Gasteiger partial charge < -0.3 is 15.4 Å². The van der Waals surface area contributed by atoms with Gasteiger partial charge in [-0.2, -0.15) is 0 Å². The zero-order valence-electron chi connectivity index (χ0n) is 10.6. The maximum absolute atomic E-state index is 12.1. The van der Waals surface area contributed by atoms with Gasteiger partial charge in [0, 0.05) is 26.2 Å². The van der Waals surface area contributed by atoms with Gasteiger partial charge in [0.2, 0.25) is 5.91 Å². The molecule has 0 bridgehead atoms. The van der Waals surface area contributed by atoms with Gasteiger partial charge in [-0.25, -0.2) is 0 Å². The predicted molar refractivity (Wildman–Crippen MR) is 70.8 cm³/mol. The van der Waals surface area contributed by atoms with Crippen molar-refractivity contribution < 1.29 is 9.53 Å². The first-order chi connectivity index (χ1) is 8.76. The second-order valence-corrected chi connectivity index (χ2v) is 4.28. The van der Waals surface area contributed by atoms with Crippen molar-refractivity contribution in [3.8, 4) is 5.75 Å². The van der Waals surface area contributed by atoms with E-state index in [1.807, 2.05) is 24.3 Å². The molecule has 1 aromatic rings. The number of rotatable bonds is 4. The lowest BCUT2D eigenvalue weighted by molar-refractivity contribution is -0.121. The van der Waals surface area contributed by atoms with Crippen LogP contribution >= 0.6 is 0 Å². The predicted octanol–water partition coefficient (Wildman–Crippen LogP) is 0.302. The van der Waals surface area contributed by atoms with Crippen molar-refractivity contribution in [3.05, 3.63) is 24.3 Å². The molecule has 18 heavy (non-hydrogen) atoms. The Morgan fingerprint density at radius 3 is 2.78 bits per heavy atom. The number of para-hydroxylation sites is 2. The van der Waals surface area contributed by atoms with Gasteiger partial charge in [0.1, 0.15) is 5.75 Å². The Labute approximate surface area is 107 Å². The van der Waals surface area contributed by atoms with Crippen LogP contribution in [0.5, 0.6) is 5.75 Å². The van der Waals surface area contributed by atoms with Crippen LogP contribution in [0.15, 0.2) is 24.3 Å². The maximum Gasteiger partial charge on any atom is 0.241 e. The summed E-state index contributed by atoms with van der Waals surface area (Å²) in [5.74, 6) is 0.831. The number of amides is 1. The van der Waals surface area contributed by atoms with Gasteiger partial charge in [-0.15, -0.1) is 0 Å². The van der Waals surface area contributed by atoms with E-state index in [4.69, 9.17) is 10.5 Å². The summed E-state index contributed by atoms with van der Waals surface area (Å²) >= 11 is 0. The summed E-state index contributed by atoms with van der Waals surface area (Å²) < 4.78 is 5.29. The van der Waals surface area contributed by atoms with E-state index < -0.39 is 0 Å². The number of piperazine rings is 1. The van der Waals surface area contributed by atoms with Crippen molar-refractivity contribution in [3.63, 3.8) is 0 Å². The molecule has 1 aliphatic rings. The van der Waals surface area contributed by atoms with Crippen molar-refractivity contribution in [2.45, 2.75) is 0 Å². The highest BCUT2D eigenvalue weighted by Gasteiger charge is 2.26. The molecule has 0 atom stereocenters. The molecule has 0 aromatic heterocycles. The molecule has 98 valence electrons. The van der Waals surface area contributed by atoms with Gasteiger partial charge in [-0.05, 0) is 12.1 Å². The largest absolute Gasteiger partial charge is 0.495 e. The first kappa shape index (κ1) is 12.9. The monoisotopic (exact) mass is 249 g/mol. The molecule has 2 N–H and O–H groups in total. The Balaban J connectivity index is 2.13. The van der Waals surface area contributed by atoms with E-state index in [0.717, 1.165) is 24.5 Å². The highest BCUT2D eigenvalue weighted by atomic mass is 16.5. The van der Waals surface area contributed by atoms with Crippen molar-refractivity contribution in [2.24, 2.45) is 5.73 Å². The average molecular weight is 249 g/mol. The van der Waals surface area contributed by atoms with Gasteiger partial charge in [-0.1, -0.05) is 12.1 Å². The second kappa shape index (κ2) is 5.84. The van der Waals surface area contributed by atoms with Crippen molar-refractivity contribution in [2.75, 3.05) is 44.7 Å². The van der Waals surface area contributed by atoms with E-state index in [-0.39, 0.29) is 5.91 Å². The normalized spacial score (nSPS) is 17.0. The molecule has 1 aliphatic heterocycles. The molecular weight excluding hydrogens is 230 g/mol. The third kappa shape index (κ3) is 2.63.